The normalized spacial score (nSPS) is 17.5. The molecule has 0 heterocycles. The maximum absolute atomic E-state index is 10.9. The number of hydrogen-bond donors (Lipinski definition) is 2. The Balaban J connectivity index is 2.26. The number of nitrogens with zero attached hydrogens (tertiary/aromatic N) is 1. The van der Waals surface area contributed by atoms with Crippen molar-refractivity contribution >= 4 is 17.4 Å². The Morgan fingerprint density at radius 3 is 2.53 bits per heavy atom. The van der Waals surface area contributed by atoms with Gasteiger partial charge in [-0.25, -0.2) is 4.79 Å². The topological polar surface area (TPSA) is 69.9 Å². The lowest BCUT2D eigenvalue weighted by Crippen LogP contribution is -2.12. The van der Waals surface area contributed by atoms with Gasteiger partial charge in [-0.05, 0) is 24.3 Å². The van der Waals surface area contributed by atoms with E-state index in [-0.39, 0.29) is 17.8 Å². The number of rotatable bonds is 2. The van der Waals surface area contributed by atoms with Gasteiger partial charge in [0.05, 0.1) is 11.3 Å². The largest absolute Gasteiger partial charge is 0.507 e. The van der Waals surface area contributed by atoms with Crippen molar-refractivity contribution in [3.05, 3.63) is 53.8 Å². The quantitative estimate of drug-likeness (QED) is 0.818. The summed E-state index contributed by atoms with van der Waals surface area (Å²) in [6.07, 6.45) is 3.11. The summed E-state index contributed by atoms with van der Waals surface area (Å²) in [6, 6.07) is 9.27. The zero-order valence-corrected chi connectivity index (χ0v) is 9.00. The van der Waals surface area contributed by atoms with Crippen molar-refractivity contribution in [1.82, 2.24) is 0 Å². The zero-order valence-electron chi connectivity index (χ0n) is 9.00. The molecular formula is C13H11NO3. The number of allylic oxidation sites excluding steroid dienone is 2. The Morgan fingerprint density at radius 2 is 1.88 bits per heavy atom. The number of carboxylic acid groups (broad SMARTS) is 1. The summed E-state index contributed by atoms with van der Waals surface area (Å²) < 4.78 is 0. The molecule has 0 aromatic heterocycles. The Bertz CT molecular complexity index is 527. The third-order valence-corrected chi connectivity index (χ3v) is 2.39. The van der Waals surface area contributed by atoms with Crippen molar-refractivity contribution in [2.75, 3.05) is 0 Å². The molecule has 2 N–H and O–H groups in total. The fourth-order valence-electron chi connectivity index (χ4n) is 1.54. The van der Waals surface area contributed by atoms with Gasteiger partial charge in [0.2, 0.25) is 0 Å². The third kappa shape index (κ3) is 2.60. The van der Waals surface area contributed by atoms with Crippen LogP contribution in [0.5, 0.6) is 0 Å². The molecule has 2 rings (SSSR count). The molecule has 0 aliphatic heterocycles. The lowest BCUT2D eigenvalue weighted by Gasteiger charge is -2.09. The first-order valence-electron chi connectivity index (χ1n) is 5.13. The summed E-state index contributed by atoms with van der Waals surface area (Å²) in [6.45, 7) is 0. The molecule has 0 saturated heterocycles. The third-order valence-electron chi connectivity index (χ3n) is 2.39. The van der Waals surface area contributed by atoms with Crippen molar-refractivity contribution in [3.63, 3.8) is 0 Å². The standard InChI is InChI=1S/C13H11NO3/c15-12-7-6-10(8-11(12)13(16)17)14-9-4-2-1-3-5-9/h1-7,15H,8H2,(H,16,17). The molecule has 4 heteroatoms. The van der Waals surface area contributed by atoms with Crippen LogP contribution in [0.4, 0.5) is 5.69 Å². The van der Waals surface area contributed by atoms with Gasteiger partial charge in [0.25, 0.3) is 0 Å². The van der Waals surface area contributed by atoms with Crippen LogP contribution in [-0.4, -0.2) is 21.9 Å². The molecule has 1 aliphatic carbocycles. The van der Waals surface area contributed by atoms with Crippen LogP contribution in [0.1, 0.15) is 6.42 Å². The summed E-state index contributed by atoms with van der Waals surface area (Å²) in [5.41, 5.74) is 1.35. The van der Waals surface area contributed by atoms with E-state index in [1.54, 1.807) is 6.08 Å². The van der Waals surface area contributed by atoms with Gasteiger partial charge in [0.1, 0.15) is 5.76 Å². The first-order valence-corrected chi connectivity index (χ1v) is 5.13. The fourth-order valence-corrected chi connectivity index (χ4v) is 1.54. The van der Waals surface area contributed by atoms with Gasteiger partial charge in [0.15, 0.2) is 0 Å². The van der Waals surface area contributed by atoms with Gasteiger partial charge in [-0.15, -0.1) is 0 Å². The van der Waals surface area contributed by atoms with Gasteiger partial charge in [0, 0.05) is 12.1 Å². The van der Waals surface area contributed by atoms with E-state index in [2.05, 4.69) is 4.99 Å². The molecule has 0 amide bonds. The Morgan fingerprint density at radius 1 is 1.18 bits per heavy atom. The number of para-hydroxylation sites is 1. The molecule has 86 valence electrons. The van der Waals surface area contributed by atoms with Crippen molar-refractivity contribution in [2.45, 2.75) is 6.42 Å². The van der Waals surface area contributed by atoms with Crippen molar-refractivity contribution < 1.29 is 15.0 Å². The summed E-state index contributed by atoms with van der Waals surface area (Å²) in [7, 11) is 0. The highest BCUT2D eigenvalue weighted by molar-refractivity contribution is 6.05. The van der Waals surface area contributed by atoms with Crippen LogP contribution in [-0.2, 0) is 4.79 Å². The lowest BCUT2D eigenvalue weighted by atomic mass is 10.0. The van der Waals surface area contributed by atoms with Crippen LogP contribution in [0.2, 0.25) is 0 Å². The number of hydrogen-bond acceptors (Lipinski definition) is 3. The molecule has 0 radical (unpaired) electrons. The van der Waals surface area contributed by atoms with E-state index in [0.29, 0.717) is 5.71 Å². The summed E-state index contributed by atoms with van der Waals surface area (Å²) >= 11 is 0. The van der Waals surface area contributed by atoms with Gasteiger partial charge < -0.3 is 10.2 Å². The number of carboxylic acids is 1. The minimum Gasteiger partial charge on any atom is -0.507 e. The maximum Gasteiger partial charge on any atom is 0.335 e. The van der Waals surface area contributed by atoms with Gasteiger partial charge >= 0.3 is 5.97 Å². The van der Waals surface area contributed by atoms with Gasteiger partial charge in [-0.3, -0.25) is 4.99 Å². The second-order valence-electron chi connectivity index (χ2n) is 3.62. The number of aliphatic carboxylic acids is 1. The highest BCUT2D eigenvalue weighted by atomic mass is 16.4. The predicted molar refractivity (Wildman–Crippen MR) is 64.6 cm³/mol. The fraction of sp³-hybridized carbons (Fsp3) is 0.0769. The van der Waals surface area contributed by atoms with Crippen LogP contribution in [0.3, 0.4) is 0 Å². The molecule has 1 aromatic rings. The highest BCUT2D eigenvalue weighted by Gasteiger charge is 2.18. The number of benzene rings is 1. The molecule has 1 aliphatic rings. The molecule has 1 aromatic carbocycles. The number of carbonyl (C=O) groups is 1. The average Bonchev–Trinajstić information content (AvgIpc) is 2.32. The number of aliphatic imine (C=N–C) groups is 1. The summed E-state index contributed by atoms with van der Waals surface area (Å²) in [5.74, 6) is -1.32. The second-order valence-corrected chi connectivity index (χ2v) is 3.62. The smallest absolute Gasteiger partial charge is 0.335 e. The van der Waals surface area contributed by atoms with E-state index in [4.69, 9.17) is 5.11 Å². The van der Waals surface area contributed by atoms with Crippen LogP contribution >= 0.6 is 0 Å². The van der Waals surface area contributed by atoms with Crippen molar-refractivity contribution in [1.29, 1.82) is 0 Å². The first kappa shape index (κ1) is 11.1. The molecule has 0 fully saturated rings. The van der Waals surface area contributed by atoms with Crippen molar-refractivity contribution in [3.8, 4) is 0 Å². The molecular weight excluding hydrogens is 218 g/mol. The highest BCUT2D eigenvalue weighted by Crippen LogP contribution is 2.19. The zero-order chi connectivity index (χ0) is 12.3. The van der Waals surface area contributed by atoms with E-state index in [1.807, 2.05) is 30.3 Å². The maximum atomic E-state index is 10.9. The van der Waals surface area contributed by atoms with Crippen LogP contribution in [0.15, 0.2) is 58.8 Å². The molecule has 4 nitrogen and oxygen atoms in total. The van der Waals surface area contributed by atoms with E-state index in [9.17, 15) is 9.90 Å². The molecule has 17 heavy (non-hydrogen) atoms. The van der Waals surface area contributed by atoms with Crippen LogP contribution in [0.25, 0.3) is 0 Å². The Hall–Kier alpha value is -2.36. The second kappa shape index (κ2) is 4.65. The molecule has 0 atom stereocenters. The van der Waals surface area contributed by atoms with Crippen molar-refractivity contribution in [2.24, 2.45) is 4.99 Å². The van der Waals surface area contributed by atoms with E-state index in [0.717, 1.165) is 5.69 Å². The first-order chi connectivity index (χ1) is 8.16. The molecule has 0 unspecified atom stereocenters. The molecule has 0 bridgehead atoms. The minimum absolute atomic E-state index is 0.0258. The van der Waals surface area contributed by atoms with Gasteiger partial charge in [-0.1, -0.05) is 18.2 Å². The predicted octanol–water partition coefficient (Wildman–Crippen LogP) is 2.62. The van der Waals surface area contributed by atoms with E-state index >= 15 is 0 Å². The lowest BCUT2D eigenvalue weighted by molar-refractivity contribution is -0.132. The van der Waals surface area contributed by atoms with Gasteiger partial charge in [-0.2, -0.15) is 0 Å². The van der Waals surface area contributed by atoms with Crippen LogP contribution in [0, 0.1) is 0 Å². The van der Waals surface area contributed by atoms with E-state index in [1.165, 1.54) is 6.08 Å². The SMILES string of the molecule is O=C(O)C1=C(O)C=CC(=Nc2ccccc2)C1. The molecule has 0 spiro atoms. The molecule has 0 saturated carbocycles. The van der Waals surface area contributed by atoms with Crippen LogP contribution < -0.4 is 0 Å². The Labute approximate surface area is 98.2 Å². The average molecular weight is 229 g/mol. The number of aliphatic hydroxyl groups is 1. The van der Waals surface area contributed by atoms with E-state index < -0.39 is 5.97 Å². The summed E-state index contributed by atoms with van der Waals surface area (Å²) in [5, 5.41) is 18.3. The Kier molecular flexibility index (Phi) is 3.05. The minimum atomic E-state index is -1.12. The monoisotopic (exact) mass is 229 g/mol. The summed E-state index contributed by atoms with van der Waals surface area (Å²) in [4.78, 5) is 15.2. The number of aliphatic hydroxyl groups excluding tert-OH is 1.